The van der Waals surface area contributed by atoms with Gasteiger partial charge in [0.05, 0.1) is 12.2 Å². The molecule has 0 aliphatic carbocycles. The van der Waals surface area contributed by atoms with Crippen LogP contribution in [0.25, 0.3) is 0 Å². The summed E-state index contributed by atoms with van der Waals surface area (Å²) >= 11 is 0. The van der Waals surface area contributed by atoms with E-state index < -0.39 is 0 Å². The topological polar surface area (TPSA) is 67.4 Å². The Kier molecular flexibility index (Phi) is 7.22. The molecule has 5 nitrogen and oxygen atoms in total. The van der Waals surface area contributed by atoms with Gasteiger partial charge in [0.15, 0.2) is 0 Å². The molecular weight excluding hydrogens is 376 g/mol. The van der Waals surface area contributed by atoms with E-state index in [-0.39, 0.29) is 17.7 Å². The van der Waals surface area contributed by atoms with Gasteiger partial charge in [-0.2, -0.15) is 0 Å². The Labute approximate surface area is 177 Å². The molecule has 3 rings (SSSR count). The first-order valence-electron chi connectivity index (χ1n) is 10.0. The second kappa shape index (κ2) is 10.3. The molecule has 2 amide bonds. The summed E-state index contributed by atoms with van der Waals surface area (Å²) in [4.78, 5) is 24.5. The first-order valence-corrected chi connectivity index (χ1v) is 10.0. The minimum Gasteiger partial charge on any atom is -0.492 e. The van der Waals surface area contributed by atoms with Gasteiger partial charge in [-0.05, 0) is 42.0 Å². The molecular formula is C25H26N2O3. The predicted molar refractivity (Wildman–Crippen MR) is 120 cm³/mol. The van der Waals surface area contributed by atoms with Crippen molar-refractivity contribution in [3.05, 3.63) is 90.0 Å². The molecule has 0 fully saturated rings. The van der Waals surface area contributed by atoms with E-state index in [9.17, 15) is 9.59 Å². The number of hydrogen-bond donors (Lipinski definition) is 2. The van der Waals surface area contributed by atoms with E-state index in [1.807, 2.05) is 44.2 Å². The van der Waals surface area contributed by atoms with Crippen molar-refractivity contribution in [1.82, 2.24) is 0 Å². The lowest BCUT2D eigenvalue weighted by molar-refractivity contribution is -0.118. The summed E-state index contributed by atoms with van der Waals surface area (Å²) < 4.78 is 5.88. The van der Waals surface area contributed by atoms with Crippen molar-refractivity contribution in [1.29, 1.82) is 0 Å². The molecule has 0 unspecified atom stereocenters. The Bertz CT molecular complexity index is 983. The van der Waals surface area contributed by atoms with Gasteiger partial charge in [0.2, 0.25) is 5.91 Å². The fourth-order valence-electron chi connectivity index (χ4n) is 2.83. The van der Waals surface area contributed by atoms with Gasteiger partial charge in [0.1, 0.15) is 5.75 Å². The quantitative estimate of drug-likeness (QED) is 0.547. The van der Waals surface area contributed by atoms with E-state index in [0.717, 1.165) is 6.42 Å². The molecule has 0 radical (unpaired) electrons. The highest BCUT2D eigenvalue weighted by Crippen LogP contribution is 2.21. The molecule has 0 aromatic heterocycles. The summed E-state index contributed by atoms with van der Waals surface area (Å²) in [6, 6.07) is 24.3. The zero-order valence-electron chi connectivity index (χ0n) is 17.2. The second-order valence-electron chi connectivity index (χ2n) is 7.26. The lowest BCUT2D eigenvalue weighted by Crippen LogP contribution is -2.17. The number of anilines is 2. The Morgan fingerprint density at radius 1 is 0.800 bits per heavy atom. The number of rotatable bonds is 8. The minimum atomic E-state index is -0.246. The highest BCUT2D eigenvalue weighted by molar-refractivity contribution is 6.06. The van der Waals surface area contributed by atoms with Crippen LogP contribution in [0.3, 0.4) is 0 Å². The van der Waals surface area contributed by atoms with E-state index in [1.54, 1.807) is 36.4 Å². The van der Waals surface area contributed by atoms with Gasteiger partial charge < -0.3 is 15.4 Å². The Hall–Kier alpha value is -3.60. The van der Waals surface area contributed by atoms with Gasteiger partial charge in [-0.3, -0.25) is 9.59 Å². The molecule has 0 aliphatic rings. The van der Waals surface area contributed by atoms with Crippen molar-refractivity contribution in [2.45, 2.75) is 20.3 Å². The predicted octanol–water partition coefficient (Wildman–Crippen LogP) is 5.15. The van der Waals surface area contributed by atoms with Crippen LogP contribution in [-0.4, -0.2) is 18.4 Å². The van der Waals surface area contributed by atoms with Crippen LogP contribution in [0.2, 0.25) is 0 Å². The minimum absolute atomic E-state index is 0.0478. The van der Waals surface area contributed by atoms with Crippen LogP contribution in [0.5, 0.6) is 5.75 Å². The summed E-state index contributed by atoms with van der Waals surface area (Å²) in [6.45, 7) is 4.16. The van der Waals surface area contributed by atoms with E-state index in [1.165, 1.54) is 5.56 Å². The van der Waals surface area contributed by atoms with Crippen LogP contribution in [0.15, 0.2) is 78.9 Å². The molecule has 0 spiro atoms. The lowest BCUT2D eigenvalue weighted by Gasteiger charge is -2.12. The summed E-state index contributed by atoms with van der Waals surface area (Å²) in [6.07, 6.45) is 0.764. The number of hydrogen-bond acceptors (Lipinski definition) is 3. The summed E-state index contributed by atoms with van der Waals surface area (Å²) in [7, 11) is 0. The number of nitrogens with one attached hydrogen (secondary N) is 2. The molecule has 0 bridgehead atoms. The van der Waals surface area contributed by atoms with Crippen molar-refractivity contribution in [3.8, 4) is 5.75 Å². The average Bonchev–Trinajstić information content (AvgIpc) is 2.76. The summed E-state index contributed by atoms with van der Waals surface area (Å²) in [5.41, 5.74) is 2.99. The summed E-state index contributed by atoms with van der Waals surface area (Å²) in [5, 5.41) is 5.71. The average molecular weight is 402 g/mol. The number of para-hydroxylation sites is 1. The van der Waals surface area contributed by atoms with Crippen LogP contribution in [-0.2, 0) is 11.2 Å². The molecule has 2 N–H and O–H groups in total. The van der Waals surface area contributed by atoms with Gasteiger partial charge in [-0.15, -0.1) is 0 Å². The Morgan fingerprint density at radius 2 is 1.40 bits per heavy atom. The molecule has 30 heavy (non-hydrogen) atoms. The van der Waals surface area contributed by atoms with Crippen molar-refractivity contribution in [3.63, 3.8) is 0 Å². The molecule has 0 heterocycles. The highest BCUT2D eigenvalue weighted by Gasteiger charge is 2.13. The molecule has 3 aromatic carbocycles. The van der Waals surface area contributed by atoms with Gasteiger partial charge in [0, 0.05) is 23.7 Å². The third-order valence-electron chi connectivity index (χ3n) is 4.56. The van der Waals surface area contributed by atoms with Crippen LogP contribution < -0.4 is 15.4 Å². The molecule has 0 aliphatic heterocycles. The third kappa shape index (κ3) is 5.95. The maximum Gasteiger partial charge on any atom is 0.259 e. The fourth-order valence-corrected chi connectivity index (χ4v) is 2.83. The number of ether oxygens (including phenoxy) is 1. The van der Waals surface area contributed by atoms with Gasteiger partial charge >= 0.3 is 0 Å². The Balaban J connectivity index is 1.60. The van der Waals surface area contributed by atoms with Gasteiger partial charge in [0.25, 0.3) is 5.91 Å². The lowest BCUT2D eigenvalue weighted by atomic mass is 10.1. The first-order chi connectivity index (χ1) is 14.5. The maximum absolute atomic E-state index is 12.8. The van der Waals surface area contributed by atoms with E-state index in [4.69, 9.17) is 4.74 Å². The normalized spacial score (nSPS) is 10.5. The molecule has 0 saturated carbocycles. The monoisotopic (exact) mass is 402 g/mol. The molecule has 3 aromatic rings. The van der Waals surface area contributed by atoms with E-state index in [2.05, 4.69) is 22.8 Å². The standard InChI is InChI=1S/C25H26N2O3/c1-18(2)24(28)26-20-12-14-21(15-13-20)27-25(29)22-10-6-7-11-23(22)30-17-16-19-8-4-3-5-9-19/h3-15,18H,16-17H2,1-2H3,(H,26,28)(H,27,29). The van der Waals surface area contributed by atoms with Crippen LogP contribution in [0.1, 0.15) is 29.8 Å². The number of amides is 2. The molecule has 5 heteroatoms. The first kappa shape index (κ1) is 21.1. The fraction of sp³-hybridized carbons (Fsp3) is 0.200. The van der Waals surface area contributed by atoms with Crippen molar-refractivity contribution < 1.29 is 14.3 Å². The maximum atomic E-state index is 12.8. The van der Waals surface area contributed by atoms with Crippen LogP contribution in [0.4, 0.5) is 11.4 Å². The van der Waals surface area contributed by atoms with Gasteiger partial charge in [-0.25, -0.2) is 0 Å². The number of benzene rings is 3. The van der Waals surface area contributed by atoms with Crippen LogP contribution in [0, 0.1) is 5.92 Å². The third-order valence-corrected chi connectivity index (χ3v) is 4.56. The smallest absolute Gasteiger partial charge is 0.259 e. The number of carbonyl (C=O) groups excluding carboxylic acids is 2. The zero-order chi connectivity index (χ0) is 21.3. The Morgan fingerprint density at radius 3 is 2.07 bits per heavy atom. The largest absolute Gasteiger partial charge is 0.492 e. The van der Waals surface area contributed by atoms with Gasteiger partial charge in [-0.1, -0.05) is 56.3 Å². The SMILES string of the molecule is CC(C)C(=O)Nc1ccc(NC(=O)c2ccccc2OCCc2ccccc2)cc1. The number of carbonyl (C=O) groups is 2. The molecule has 0 saturated heterocycles. The molecule has 154 valence electrons. The van der Waals surface area contributed by atoms with Crippen molar-refractivity contribution in [2.24, 2.45) is 5.92 Å². The van der Waals surface area contributed by atoms with Crippen molar-refractivity contribution >= 4 is 23.2 Å². The molecule has 0 atom stereocenters. The van der Waals surface area contributed by atoms with E-state index in [0.29, 0.717) is 29.3 Å². The van der Waals surface area contributed by atoms with E-state index >= 15 is 0 Å². The second-order valence-corrected chi connectivity index (χ2v) is 7.26. The van der Waals surface area contributed by atoms with Crippen molar-refractivity contribution in [2.75, 3.05) is 17.2 Å². The highest BCUT2D eigenvalue weighted by atomic mass is 16.5. The van der Waals surface area contributed by atoms with Crippen LogP contribution >= 0.6 is 0 Å². The zero-order valence-corrected chi connectivity index (χ0v) is 17.2. The summed E-state index contributed by atoms with van der Waals surface area (Å²) in [5.74, 6) is 0.159.